The van der Waals surface area contributed by atoms with Gasteiger partial charge < -0.3 is 33.8 Å². The molecule has 0 saturated heterocycles. The zero-order valence-corrected chi connectivity index (χ0v) is 65.9. The topological polar surface area (TPSA) is 237 Å². The Morgan fingerprint density at radius 2 is 0.469 bits per heavy atom. The Bertz CT molecular complexity index is 1890. The van der Waals surface area contributed by atoms with Crippen molar-refractivity contribution < 1.29 is 80.2 Å². The minimum Gasteiger partial charge on any atom is -0.462 e. The molecule has 19 heteroatoms. The normalized spacial score (nSPS) is 13.9. The lowest BCUT2D eigenvalue weighted by Crippen LogP contribution is -2.30. The molecule has 0 bridgehead atoms. The van der Waals surface area contributed by atoms with E-state index < -0.39 is 97.5 Å². The maximum atomic E-state index is 13.1. The van der Waals surface area contributed by atoms with Gasteiger partial charge in [0.05, 0.1) is 26.4 Å². The molecule has 0 aliphatic rings. The molecule has 0 heterocycles. The number of ether oxygens (including phenoxy) is 4. The summed E-state index contributed by atoms with van der Waals surface area (Å²) in [5.74, 6) is -0.564. The summed E-state index contributed by atoms with van der Waals surface area (Å²) in [5.41, 5.74) is 0. The second-order valence-electron chi connectivity index (χ2n) is 29.4. The Kier molecular flexibility index (Phi) is 69.3. The Hall–Kier alpha value is -1.94. The largest absolute Gasteiger partial charge is 0.472 e. The number of hydrogen-bond donors (Lipinski definition) is 3. The second-order valence-corrected chi connectivity index (χ2v) is 32.3. The zero-order valence-electron chi connectivity index (χ0n) is 64.1. The molecule has 0 radical (unpaired) electrons. The lowest BCUT2D eigenvalue weighted by molar-refractivity contribution is -0.161. The van der Waals surface area contributed by atoms with Gasteiger partial charge in [0.2, 0.25) is 0 Å². The molecular formula is C79H154O17P2. The number of aliphatic hydroxyl groups excluding tert-OH is 1. The molecule has 0 rings (SSSR count). The van der Waals surface area contributed by atoms with E-state index in [4.69, 9.17) is 37.0 Å². The van der Waals surface area contributed by atoms with Crippen LogP contribution in [0.4, 0.5) is 0 Å². The molecule has 0 aromatic heterocycles. The van der Waals surface area contributed by atoms with Crippen LogP contribution >= 0.6 is 15.6 Å². The quantitative estimate of drug-likeness (QED) is 0.0222. The average Bonchev–Trinajstić information content (AvgIpc) is 1.08. The summed E-state index contributed by atoms with van der Waals surface area (Å²) in [6.07, 6.45) is 59.6. The molecule has 5 atom stereocenters. The van der Waals surface area contributed by atoms with Gasteiger partial charge in [-0.3, -0.25) is 37.3 Å². The molecule has 2 unspecified atom stereocenters. The van der Waals surface area contributed by atoms with Crippen LogP contribution in [-0.2, 0) is 65.4 Å². The van der Waals surface area contributed by atoms with E-state index in [9.17, 15) is 43.2 Å². The van der Waals surface area contributed by atoms with Crippen molar-refractivity contribution in [3.8, 4) is 0 Å². The van der Waals surface area contributed by atoms with E-state index in [2.05, 4.69) is 41.5 Å². The summed E-state index contributed by atoms with van der Waals surface area (Å²) in [7, 11) is -9.92. The molecule has 0 aliphatic carbocycles. The predicted octanol–water partition coefficient (Wildman–Crippen LogP) is 23.5. The van der Waals surface area contributed by atoms with E-state index in [1.165, 1.54) is 231 Å². The number of phosphoric acid groups is 2. The van der Waals surface area contributed by atoms with Gasteiger partial charge in [-0.05, 0) is 37.5 Å². The molecule has 0 spiro atoms. The van der Waals surface area contributed by atoms with Crippen LogP contribution in [0.3, 0.4) is 0 Å². The predicted molar refractivity (Wildman–Crippen MR) is 400 cm³/mol. The maximum Gasteiger partial charge on any atom is 0.472 e. The molecule has 582 valence electrons. The van der Waals surface area contributed by atoms with Crippen molar-refractivity contribution in [1.82, 2.24) is 0 Å². The van der Waals surface area contributed by atoms with E-state index in [-0.39, 0.29) is 25.7 Å². The number of carbonyl (C=O) groups is 4. The van der Waals surface area contributed by atoms with Crippen LogP contribution in [-0.4, -0.2) is 96.7 Å². The van der Waals surface area contributed by atoms with Gasteiger partial charge >= 0.3 is 39.5 Å². The van der Waals surface area contributed by atoms with Gasteiger partial charge in [-0.1, -0.05) is 363 Å². The van der Waals surface area contributed by atoms with Crippen molar-refractivity contribution in [3.05, 3.63) is 0 Å². The van der Waals surface area contributed by atoms with E-state index in [1.54, 1.807) is 0 Å². The average molecular weight is 1440 g/mol. The monoisotopic (exact) mass is 1440 g/mol. The van der Waals surface area contributed by atoms with Crippen molar-refractivity contribution in [1.29, 1.82) is 0 Å². The number of hydrogen-bond acceptors (Lipinski definition) is 15. The fourth-order valence-electron chi connectivity index (χ4n) is 12.2. The van der Waals surface area contributed by atoms with Crippen LogP contribution in [0.15, 0.2) is 0 Å². The standard InChI is InChI=1S/C79H154O17P2/c1-7-9-11-13-15-17-19-20-21-22-23-24-25-26-33-39-45-51-57-63-78(83)95-75(68-90-77(82)62-56-50-44-38-32-28-27-30-35-41-47-53-59-71(3)4)70-94-98(87,88)92-66-73(80)65-91-97(85,86)93-69-74(67-89-76(81)61-55-49-43-37-18-16-14-12-10-8-2)96-79(84)64-58-52-46-40-34-29-31-36-42-48-54-60-72(5)6/h71-75,80H,7-70H2,1-6H3,(H,85,86)(H,87,88)/t73-,74+,75+/m0/s1. The summed E-state index contributed by atoms with van der Waals surface area (Å²) in [6, 6.07) is 0. The maximum absolute atomic E-state index is 13.1. The third-order valence-electron chi connectivity index (χ3n) is 18.5. The van der Waals surface area contributed by atoms with Crippen LogP contribution in [0.25, 0.3) is 0 Å². The summed E-state index contributed by atoms with van der Waals surface area (Å²) >= 11 is 0. The SMILES string of the molecule is CCCCCCCCCCCCCCCCCCCCCC(=O)O[C@H](COC(=O)CCCCCCCCCCCCCCC(C)C)COP(=O)(O)OC[C@@H](O)COP(=O)(O)OC[C@@H](COC(=O)CCCCCCCCCCCC)OC(=O)CCCCCCCCCCCCCC(C)C. The van der Waals surface area contributed by atoms with Crippen molar-refractivity contribution in [2.45, 2.75) is 432 Å². The summed E-state index contributed by atoms with van der Waals surface area (Å²) in [6.45, 7) is 9.63. The van der Waals surface area contributed by atoms with Crippen LogP contribution in [0.1, 0.15) is 414 Å². The lowest BCUT2D eigenvalue weighted by Gasteiger charge is -2.21. The fraction of sp³-hybridized carbons (Fsp3) is 0.949. The highest BCUT2D eigenvalue weighted by Crippen LogP contribution is 2.45. The van der Waals surface area contributed by atoms with Crippen molar-refractivity contribution in [2.24, 2.45) is 11.8 Å². The molecule has 0 fully saturated rings. The molecule has 17 nitrogen and oxygen atoms in total. The molecule has 0 amide bonds. The first kappa shape index (κ1) is 96.1. The van der Waals surface area contributed by atoms with Crippen molar-refractivity contribution in [3.63, 3.8) is 0 Å². The minimum absolute atomic E-state index is 0.107. The van der Waals surface area contributed by atoms with E-state index in [1.807, 2.05) is 0 Å². The number of phosphoric ester groups is 2. The number of esters is 4. The number of rotatable bonds is 78. The Morgan fingerprint density at radius 1 is 0.276 bits per heavy atom. The van der Waals surface area contributed by atoms with E-state index in [0.717, 1.165) is 102 Å². The lowest BCUT2D eigenvalue weighted by atomic mass is 10.0. The Morgan fingerprint density at radius 3 is 0.694 bits per heavy atom. The van der Waals surface area contributed by atoms with Crippen LogP contribution < -0.4 is 0 Å². The van der Waals surface area contributed by atoms with Gasteiger partial charge in [0.1, 0.15) is 19.3 Å². The minimum atomic E-state index is -4.96. The zero-order chi connectivity index (χ0) is 72.1. The number of unbranched alkanes of at least 4 members (excludes halogenated alkanes) is 48. The molecule has 3 N–H and O–H groups in total. The second kappa shape index (κ2) is 70.7. The van der Waals surface area contributed by atoms with Gasteiger partial charge in [-0.25, -0.2) is 9.13 Å². The summed E-state index contributed by atoms with van der Waals surface area (Å²) in [4.78, 5) is 72.9. The molecule has 0 aliphatic heterocycles. The van der Waals surface area contributed by atoms with Gasteiger partial charge in [-0.15, -0.1) is 0 Å². The number of carbonyl (C=O) groups excluding carboxylic acids is 4. The van der Waals surface area contributed by atoms with Gasteiger partial charge in [0.15, 0.2) is 12.2 Å². The third-order valence-corrected chi connectivity index (χ3v) is 20.4. The van der Waals surface area contributed by atoms with E-state index >= 15 is 0 Å². The van der Waals surface area contributed by atoms with Crippen molar-refractivity contribution >= 4 is 39.5 Å². The van der Waals surface area contributed by atoms with Gasteiger partial charge in [0, 0.05) is 25.7 Å². The molecule has 0 saturated carbocycles. The van der Waals surface area contributed by atoms with Gasteiger partial charge in [0.25, 0.3) is 0 Å². The third kappa shape index (κ3) is 72.4. The van der Waals surface area contributed by atoms with E-state index in [0.29, 0.717) is 25.7 Å². The smallest absolute Gasteiger partial charge is 0.462 e. The summed E-state index contributed by atoms with van der Waals surface area (Å²) < 4.78 is 68.6. The molecule has 98 heavy (non-hydrogen) atoms. The highest BCUT2D eigenvalue weighted by molar-refractivity contribution is 7.47. The Balaban J connectivity index is 5.24. The molecule has 0 aromatic rings. The van der Waals surface area contributed by atoms with Gasteiger partial charge in [-0.2, -0.15) is 0 Å². The Labute approximate surface area is 600 Å². The number of aliphatic hydroxyl groups is 1. The van der Waals surface area contributed by atoms with Crippen LogP contribution in [0, 0.1) is 11.8 Å². The van der Waals surface area contributed by atoms with Crippen LogP contribution in [0.2, 0.25) is 0 Å². The first-order valence-electron chi connectivity index (χ1n) is 41.0. The molecular weight excluding hydrogens is 1280 g/mol. The first-order valence-corrected chi connectivity index (χ1v) is 44.0. The highest BCUT2D eigenvalue weighted by atomic mass is 31.2. The fourth-order valence-corrected chi connectivity index (χ4v) is 13.8. The van der Waals surface area contributed by atoms with Crippen molar-refractivity contribution in [2.75, 3.05) is 39.6 Å². The molecule has 0 aromatic carbocycles. The first-order chi connectivity index (χ1) is 47.4. The summed E-state index contributed by atoms with van der Waals surface area (Å²) in [5, 5.41) is 10.6. The van der Waals surface area contributed by atoms with Crippen LogP contribution in [0.5, 0.6) is 0 Å². The highest BCUT2D eigenvalue weighted by Gasteiger charge is 2.30.